The highest BCUT2D eigenvalue weighted by Gasteiger charge is 2.08. The van der Waals surface area contributed by atoms with Crippen molar-refractivity contribution in [2.24, 2.45) is 0 Å². The second kappa shape index (κ2) is 6.30. The average Bonchev–Trinajstić information content (AvgIpc) is 2.33. The van der Waals surface area contributed by atoms with E-state index in [4.69, 9.17) is 0 Å². The largest absolute Gasteiger partial charge is 1.00 e. The highest BCUT2D eigenvalue weighted by atomic mass is 79.9. The number of rotatable bonds is 3. The molecule has 88 valence electrons. The number of aldehydes is 1. The Hall–Kier alpha value is -1.48. The van der Waals surface area contributed by atoms with E-state index in [0.717, 1.165) is 24.0 Å². The summed E-state index contributed by atoms with van der Waals surface area (Å²) < 4.78 is 2.13. The Labute approximate surface area is 112 Å². The van der Waals surface area contributed by atoms with Gasteiger partial charge in [-0.1, -0.05) is 30.3 Å². The van der Waals surface area contributed by atoms with Gasteiger partial charge in [0.15, 0.2) is 24.7 Å². The van der Waals surface area contributed by atoms with Gasteiger partial charge in [-0.05, 0) is 0 Å². The second-order valence-corrected chi connectivity index (χ2v) is 3.79. The van der Waals surface area contributed by atoms with E-state index >= 15 is 0 Å². The zero-order valence-corrected chi connectivity index (χ0v) is 11.2. The minimum Gasteiger partial charge on any atom is -1.00 e. The number of nitrogens with zero attached hydrogens (tertiary/aromatic N) is 1. The molecule has 0 N–H and O–H groups in total. The lowest BCUT2D eigenvalue weighted by Gasteiger charge is -2.02. The lowest BCUT2D eigenvalue weighted by molar-refractivity contribution is -0.694. The van der Waals surface area contributed by atoms with Crippen molar-refractivity contribution in [2.75, 3.05) is 0 Å². The van der Waals surface area contributed by atoms with E-state index < -0.39 is 0 Å². The molecule has 2 nitrogen and oxygen atoms in total. The molecule has 2 rings (SSSR count). The maximum absolute atomic E-state index is 10.9. The minimum absolute atomic E-state index is 0. The van der Waals surface area contributed by atoms with Gasteiger partial charge in [0.05, 0.1) is 0 Å². The van der Waals surface area contributed by atoms with Crippen LogP contribution in [0.5, 0.6) is 0 Å². The van der Waals surface area contributed by atoms with Gasteiger partial charge in [0.1, 0.15) is 0 Å². The predicted molar refractivity (Wildman–Crippen MR) is 62.3 cm³/mol. The van der Waals surface area contributed by atoms with Crippen LogP contribution in [0.4, 0.5) is 0 Å². The van der Waals surface area contributed by atoms with Crippen LogP contribution in [0.2, 0.25) is 0 Å². The summed E-state index contributed by atoms with van der Waals surface area (Å²) in [4.78, 5) is 10.9. The average molecular weight is 292 g/mol. The zero-order chi connectivity index (χ0) is 11.4. The summed E-state index contributed by atoms with van der Waals surface area (Å²) >= 11 is 0. The Bertz CT molecular complexity index is 511. The predicted octanol–water partition coefficient (Wildman–Crippen LogP) is -0.853. The van der Waals surface area contributed by atoms with Gasteiger partial charge < -0.3 is 17.0 Å². The first-order valence-corrected chi connectivity index (χ1v) is 5.29. The van der Waals surface area contributed by atoms with Crippen LogP contribution in [0.15, 0.2) is 48.7 Å². The molecule has 17 heavy (non-hydrogen) atoms. The van der Waals surface area contributed by atoms with Crippen molar-refractivity contribution in [1.82, 2.24) is 0 Å². The number of pyridine rings is 1. The third kappa shape index (κ3) is 3.24. The molecular formula is C14H14BrNO. The number of aromatic nitrogens is 1. The van der Waals surface area contributed by atoms with Gasteiger partial charge in [-0.25, -0.2) is 0 Å². The van der Waals surface area contributed by atoms with Gasteiger partial charge in [-0.3, -0.25) is 4.79 Å². The van der Waals surface area contributed by atoms with E-state index in [2.05, 4.69) is 17.6 Å². The van der Waals surface area contributed by atoms with Crippen LogP contribution in [0.25, 0.3) is 0 Å². The Kier molecular flexibility index (Phi) is 5.04. The molecule has 0 bridgehead atoms. The molecule has 3 heteroatoms. The molecule has 0 fully saturated rings. The van der Waals surface area contributed by atoms with Crippen molar-refractivity contribution >= 4 is 6.29 Å². The number of aryl methyl sites for hydroxylation is 1. The fourth-order valence-corrected chi connectivity index (χ4v) is 1.72. The van der Waals surface area contributed by atoms with Crippen LogP contribution in [0.3, 0.4) is 0 Å². The summed E-state index contributed by atoms with van der Waals surface area (Å²) in [5, 5.41) is 0. The first kappa shape index (κ1) is 13.6. The van der Waals surface area contributed by atoms with Gasteiger partial charge in [-0.2, -0.15) is 4.57 Å². The summed E-state index contributed by atoms with van der Waals surface area (Å²) in [5.74, 6) is 0. The van der Waals surface area contributed by atoms with E-state index in [1.54, 1.807) is 0 Å². The first-order valence-electron chi connectivity index (χ1n) is 5.29. The molecule has 0 saturated heterocycles. The number of halogens is 1. The standard InChI is InChI=1S/C14H14NO.BrH/c1-12-6-4-5-9-15(12)10-13-7-2-3-8-14(13)11-16;/h2-9,11H,10H2,1H3;1H/q+1;/p-1. The number of benzene rings is 1. The molecule has 0 radical (unpaired) electrons. The van der Waals surface area contributed by atoms with Crippen molar-refractivity contribution in [2.45, 2.75) is 13.5 Å². The quantitative estimate of drug-likeness (QED) is 0.533. The Morgan fingerprint density at radius 1 is 1.12 bits per heavy atom. The summed E-state index contributed by atoms with van der Waals surface area (Å²) in [6, 6.07) is 13.7. The summed E-state index contributed by atoms with van der Waals surface area (Å²) in [6.07, 6.45) is 2.94. The van der Waals surface area contributed by atoms with Gasteiger partial charge >= 0.3 is 0 Å². The van der Waals surface area contributed by atoms with Gasteiger partial charge in [0.2, 0.25) is 0 Å². The van der Waals surface area contributed by atoms with Crippen molar-refractivity contribution < 1.29 is 26.3 Å². The Morgan fingerprint density at radius 2 is 1.82 bits per heavy atom. The van der Waals surface area contributed by atoms with E-state index in [9.17, 15) is 4.79 Å². The van der Waals surface area contributed by atoms with Crippen LogP contribution in [0, 0.1) is 6.92 Å². The lowest BCUT2D eigenvalue weighted by atomic mass is 10.1. The normalized spacial score (nSPS) is 9.47. The first-order chi connectivity index (χ1) is 7.81. The van der Waals surface area contributed by atoms with Gasteiger partial charge in [0.25, 0.3) is 0 Å². The summed E-state index contributed by atoms with van der Waals surface area (Å²) in [6.45, 7) is 2.80. The lowest BCUT2D eigenvalue weighted by Crippen LogP contribution is -3.00. The number of carbonyl (C=O) groups excluding carboxylic acids is 1. The third-order valence-corrected chi connectivity index (χ3v) is 2.69. The Morgan fingerprint density at radius 3 is 2.53 bits per heavy atom. The minimum atomic E-state index is 0. The summed E-state index contributed by atoms with van der Waals surface area (Å²) in [7, 11) is 0. The molecular weight excluding hydrogens is 278 g/mol. The van der Waals surface area contributed by atoms with Crippen LogP contribution < -0.4 is 21.5 Å². The second-order valence-electron chi connectivity index (χ2n) is 3.79. The third-order valence-electron chi connectivity index (χ3n) is 2.69. The smallest absolute Gasteiger partial charge is 0.178 e. The highest BCUT2D eigenvalue weighted by molar-refractivity contribution is 5.76. The SMILES string of the molecule is Cc1cccc[n+]1Cc1ccccc1C=O.[Br-]. The van der Waals surface area contributed by atoms with Crippen molar-refractivity contribution in [1.29, 1.82) is 0 Å². The molecule has 0 aliphatic rings. The molecule has 1 aromatic carbocycles. The fraction of sp³-hybridized carbons (Fsp3) is 0.143. The zero-order valence-electron chi connectivity index (χ0n) is 9.64. The van der Waals surface area contributed by atoms with Crippen LogP contribution in [-0.2, 0) is 6.54 Å². The van der Waals surface area contributed by atoms with E-state index in [-0.39, 0.29) is 17.0 Å². The van der Waals surface area contributed by atoms with Gasteiger partial charge in [0, 0.05) is 30.2 Å². The van der Waals surface area contributed by atoms with E-state index in [1.165, 1.54) is 5.69 Å². The molecule has 1 heterocycles. The van der Waals surface area contributed by atoms with Gasteiger partial charge in [-0.15, -0.1) is 0 Å². The molecule has 0 spiro atoms. The fourth-order valence-electron chi connectivity index (χ4n) is 1.72. The van der Waals surface area contributed by atoms with Crippen molar-refractivity contribution in [3.63, 3.8) is 0 Å². The number of carbonyl (C=O) groups is 1. The monoisotopic (exact) mass is 291 g/mol. The van der Waals surface area contributed by atoms with Crippen molar-refractivity contribution in [3.05, 3.63) is 65.5 Å². The molecule has 2 aromatic rings. The maximum atomic E-state index is 10.9. The molecule has 0 amide bonds. The van der Waals surface area contributed by atoms with Crippen LogP contribution >= 0.6 is 0 Å². The topological polar surface area (TPSA) is 20.9 Å². The maximum Gasteiger partial charge on any atom is 0.178 e. The van der Waals surface area contributed by atoms with Crippen LogP contribution in [0.1, 0.15) is 21.6 Å². The molecule has 0 unspecified atom stereocenters. The molecule has 0 aliphatic heterocycles. The molecule has 0 saturated carbocycles. The van der Waals surface area contributed by atoms with Crippen molar-refractivity contribution in [3.8, 4) is 0 Å². The van der Waals surface area contributed by atoms with Crippen LogP contribution in [-0.4, -0.2) is 6.29 Å². The van der Waals surface area contributed by atoms with E-state index in [1.807, 2.05) is 42.6 Å². The molecule has 0 atom stereocenters. The van der Waals surface area contributed by atoms with E-state index in [0.29, 0.717) is 0 Å². The number of hydrogen-bond acceptors (Lipinski definition) is 1. The molecule has 0 aliphatic carbocycles. The Balaban J connectivity index is 0.00000144. The highest BCUT2D eigenvalue weighted by Crippen LogP contribution is 2.05. The summed E-state index contributed by atoms with van der Waals surface area (Å²) in [5.41, 5.74) is 3.00. The molecule has 1 aromatic heterocycles. The number of hydrogen-bond donors (Lipinski definition) is 0.